The van der Waals surface area contributed by atoms with Crippen LogP contribution in [0.1, 0.15) is 31.6 Å². The molecule has 0 saturated carbocycles. The molecule has 0 saturated heterocycles. The molecule has 2 heterocycles. The van der Waals surface area contributed by atoms with E-state index in [-0.39, 0.29) is 11.8 Å². The van der Waals surface area contributed by atoms with Gasteiger partial charge in [0.05, 0.1) is 10.6 Å². The molecule has 0 aromatic carbocycles. The van der Waals surface area contributed by atoms with Crippen LogP contribution in [0.4, 0.5) is 5.13 Å². The molecule has 0 fully saturated rings. The van der Waals surface area contributed by atoms with Crippen LogP contribution in [0, 0.1) is 12.8 Å². The first-order valence-electron chi connectivity index (χ1n) is 6.47. The van der Waals surface area contributed by atoms with E-state index in [9.17, 15) is 4.79 Å². The summed E-state index contributed by atoms with van der Waals surface area (Å²) in [5.41, 5.74) is 0.947. The quantitative estimate of drug-likeness (QED) is 0.878. The van der Waals surface area contributed by atoms with Crippen LogP contribution in [0.5, 0.6) is 0 Å². The summed E-state index contributed by atoms with van der Waals surface area (Å²) < 4.78 is 0. The van der Waals surface area contributed by atoms with Crippen molar-refractivity contribution in [3.8, 4) is 10.6 Å². The van der Waals surface area contributed by atoms with E-state index < -0.39 is 0 Å². The van der Waals surface area contributed by atoms with Crippen molar-refractivity contribution in [2.24, 2.45) is 5.92 Å². The molecule has 1 amide bonds. The second-order valence-corrected chi connectivity index (χ2v) is 6.60. The first-order chi connectivity index (χ1) is 9.13. The van der Waals surface area contributed by atoms with Gasteiger partial charge in [-0.3, -0.25) is 4.79 Å². The van der Waals surface area contributed by atoms with Crippen LogP contribution in [-0.2, 0) is 4.79 Å². The highest BCUT2D eigenvalue weighted by Gasteiger charge is 2.16. The van der Waals surface area contributed by atoms with Crippen molar-refractivity contribution < 1.29 is 4.79 Å². The smallest absolute Gasteiger partial charge is 0.229 e. The zero-order valence-corrected chi connectivity index (χ0v) is 13.0. The van der Waals surface area contributed by atoms with Gasteiger partial charge in [0.25, 0.3) is 0 Å². The Hall–Kier alpha value is -1.20. The lowest BCUT2D eigenvalue weighted by molar-refractivity contribution is -0.120. The van der Waals surface area contributed by atoms with E-state index in [2.05, 4.69) is 29.4 Å². The minimum Gasteiger partial charge on any atom is -0.302 e. The first kappa shape index (κ1) is 14.2. The van der Waals surface area contributed by atoms with Gasteiger partial charge in [0.1, 0.15) is 0 Å². The van der Waals surface area contributed by atoms with E-state index in [0.717, 1.165) is 23.4 Å². The molecule has 2 aromatic heterocycles. The SMILES string of the molecule is CCC(CC)C(=O)Nc1nc(-c2ccc(C)s2)cs1. The average Bonchev–Trinajstić information content (AvgIpc) is 2.99. The molecule has 0 aliphatic carbocycles. The summed E-state index contributed by atoms with van der Waals surface area (Å²) >= 11 is 3.20. The number of anilines is 1. The normalized spacial score (nSPS) is 10.9. The summed E-state index contributed by atoms with van der Waals surface area (Å²) in [5, 5.41) is 5.60. The molecule has 1 N–H and O–H groups in total. The molecule has 0 aliphatic heterocycles. The Morgan fingerprint density at radius 1 is 1.37 bits per heavy atom. The van der Waals surface area contributed by atoms with Crippen molar-refractivity contribution in [3.05, 3.63) is 22.4 Å². The number of carbonyl (C=O) groups excluding carboxylic acids is 1. The summed E-state index contributed by atoms with van der Waals surface area (Å²) in [5.74, 6) is 0.157. The maximum Gasteiger partial charge on any atom is 0.229 e. The lowest BCUT2D eigenvalue weighted by Gasteiger charge is -2.10. The van der Waals surface area contributed by atoms with Crippen molar-refractivity contribution in [3.63, 3.8) is 0 Å². The number of rotatable bonds is 5. The van der Waals surface area contributed by atoms with Crippen LogP contribution < -0.4 is 5.32 Å². The van der Waals surface area contributed by atoms with Crippen LogP contribution >= 0.6 is 22.7 Å². The third kappa shape index (κ3) is 3.42. The number of aromatic nitrogens is 1. The largest absolute Gasteiger partial charge is 0.302 e. The standard InChI is InChI=1S/C14H18N2OS2/c1-4-10(5-2)13(17)16-14-15-11(8-18-14)12-7-6-9(3)19-12/h6-8,10H,4-5H2,1-3H3,(H,15,16,17). The Balaban J connectivity index is 2.07. The van der Waals surface area contributed by atoms with Crippen molar-refractivity contribution >= 4 is 33.7 Å². The lowest BCUT2D eigenvalue weighted by Crippen LogP contribution is -2.21. The summed E-state index contributed by atoms with van der Waals surface area (Å²) in [6, 6.07) is 4.16. The molecule has 2 aromatic rings. The van der Waals surface area contributed by atoms with Gasteiger partial charge < -0.3 is 5.32 Å². The second kappa shape index (κ2) is 6.30. The van der Waals surface area contributed by atoms with Gasteiger partial charge in [0.15, 0.2) is 5.13 Å². The predicted octanol–water partition coefficient (Wildman–Crippen LogP) is 4.55. The number of thiazole rings is 1. The topological polar surface area (TPSA) is 42.0 Å². The molecule has 3 nitrogen and oxygen atoms in total. The molecule has 5 heteroatoms. The molecule has 0 radical (unpaired) electrons. The monoisotopic (exact) mass is 294 g/mol. The molecule has 0 unspecified atom stereocenters. The number of hydrogen-bond donors (Lipinski definition) is 1. The molecular weight excluding hydrogens is 276 g/mol. The van der Waals surface area contributed by atoms with E-state index >= 15 is 0 Å². The lowest BCUT2D eigenvalue weighted by atomic mass is 10.0. The third-order valence-corrected chi connectivity index (χ3v) is 4.86. The van der Waals surface area contributed by atoms with E-state index in [1.807, 2.05) is 19.2 Å². The summed E-state index contributed by atoms with van der Waals surface area (Å²) in [6.07, 6.45) is 1.73. The molecule has 19 heavy (non-hydrogen) atoms. The van der Waals surface area contributed by atoms with E-state index in [0.29, 0.717) is 5.13 Å². The number of amides is 1. The number of hydrogen-bond acceptors (Lipinski definition) is 4. The number of nitrogens with one attached hydrogen (secondary N) is 1. The van der Waals surface area contributed by atoms with E-state index in [1.165, 1.54) is 16.2 Å². The molecule has 0 bridgehead atoms. The first-order valence-corrected chi connectivity index (χ1v) is 8.16. The zero-order valence-electron chi connectivity index (χ0n) is 11.4. The van der Waals surface area contributed by atoms with Crippen molar-refractivity contribution in [2.75, 3.05) is 5.32 Å². The fourth-order valence-electron chi connectivity index (χ4n) is 1.88. The van der Waals surface area contributed by atoms with E-state index in [1.54, 1.807) is 11.3 Å². The van der Waals surface area contributed by atoms with Gasteiger partial charge in [-0.1, -0.05) is 13.8 Å². The van der Waals surface area contributed by atoms with Gasteiger partial charge in [0.2, 0.25) is 5.91 Å². The Labute approximate surface area is 121 Å². The molecule has 102 valence electrons. The van der Waals surface area contributed by atoms with Crippen LogP contribution in [-0.4, -0.2) is 10.9 Å². The van der Waals surface area contributed by atoms with Gasteiger partial charge >= 0.3 is 0 Å². The molecule has 0 atom stereocenters. The van der Waals surface area contributed by atoms with Crippen molar-refractivity contribution in [2.45, 2.75) is 33.6 Å². The Morgan fingerprint density at radius 3 is 2.68 bits per heavy atom. The Kier molecular flexibility index (Phi) is 4.71. The van der Waals surface area contributed by atoms with Crippen LogP contribution in [0.15, 0.2) is 17.5 Å². The van der Waals surface area contributed by atoms with Gasteiger partial charge in [-0.05, 0) is 31.9 Å². The molecular formula is C14H18N2OS2. The average molecular weight is 294 g/mol. The second-order valence-electron chi connectivity index (χ2n) is 4.45. The minimum absolute atomic E-state index is 0.0771. The Bertz CT molecular complexity index is 555. The zero-order chi connectivity index (χ0) is 13.8. The minimum atomic E-state index is 0.0771. The van der Waals surface area contributed by atoms with Gasteiger partial charge in [-0.2, -0.15) is 0 Å². The number of aryl methyl sites for hydroxylation is 1. The maximum absolute atomic E-state index is 12.0. The summed E-state index contributed by atoms with van der Waals surface area (Å²) in [6.45, 7) is 6.15. The summed E-state index contributed by atoms with van der Waals surface area (Å²) in [4.78, 5) is 18.9. The molecule has 0 spiro atoms. The molecule has 0 aliphatic rings. The fraction of sp³-hybridized carbons (Fsp3) is 0.429. The van der Waals surface area contributed by atoms with Crippen molar-refractivity contribution in [1.82, 2.24) is 4.98 Å². The van der Waals surface area contributed by atoms with Gasteiger partial charge in [-0.25, -0.2) is 4.98 Å². The molecule has 2 rings (SSSR count). The predicted molar refractivity (Wildman–Crippen MR) is 82.9 cm³/mol. The van der Waals surface area contributed by atoms with Crippen LogP contribution in [0.3, 0.4) is 0 Å². The van der Waals surface area contributed by atoms with Crippen molar-refractivity contribution in [1.29, 1.82) is 0 Å². The summed E-state index contributed by atoms with van der Waals surface area (Å²) in [7, 11) is 0. The highest BCUT2D eigenvalue weighted by atomic mass is 32.1. The highest BCUT2D eigenvalue weighted by molar-refractivity contribution is 7.17. The van der Waals surface area contributed by atoms with E-state index in [4.69, 9.17) is 0 Å². The third-order valence-electron chi connectivity index (χ3n) is 3.08. The maximum atomic E-state index is 12.0. The van der Waals surface area contributed by atoms with Gasteiger partial charge in [-0.15, -0.1) is 22.7 Å². The fourth-order valence-corrected chi connectivity index (χ4v) is 3.50. The number of carbonyl (C=O) groups is 1. The number of thiophene rings is 1. The van der Waals surface area contributed by atoms with Crippen LogP contribution in [0.2, 0.25) is 0 Å². The highest BCUT2D eigenvalue weighted by Crippen LogP contribution is 2.30. The number of nitrogens with zero attached hydrogens (tertiary/aromatic N) is 1. The Morgan fingerprint density at radius 2 is 2.11 bits per heavy atom. The van der Waals surface area contributed by atoms with Crippen LogP contribution in [0.25, 0.3) is 10.6 Å². The van der Waals surface area contributed by atoms with Gasteiger partial charge in [0, 0.05) is 16.2 Å².